The Balaban J connectivity index is 2.78. The van der Waals surface area contributed by atoms with Gasteiger partial charge in [-0.05, 0) is 19.1 Å². The third-order valence-electron chi connectivity index (χ3n) is 1.13. The lowest BCUT2D eigenvalue weighted by Crippen LogP contribution is -2.10. The Hall–Kier alpha value is -1.18. The van der Waals surface area contributed by atoms with Crippen molar-refractivity contribution in [1.29, 1.82) is 0 Å². The smallest absolute Gasteiger partial charge is 0.0567 e. The van der Waals surface area contributed by atoms with Gasteiger partial charge in [-0.2, -0.15) is 0 Å². The van der Waals surface area contributed by atoms with E-state index in [1.54, 1.807) is 0 Å². The molecule has 0 atom stereocenters. The topological polar surface area (TPSA) is 38.0 Å². The van der Waals surface area contributed by atoms with Crippen molar-refractivity contribution < 1.29 is 0 Å². The molecule has 0 aromatic heterocycles. The van der Waals surface area contributed by atoms with Gasteiger partial charge in [0, 0.05) is 11.9 Å². The van der Waals surface area contributed by atoms with E-state index in [1.807, 2.05) is 31.4 Å². The first kappa shape index (κ1) is 5.95. The summed E-state index contributed by atoms with van der Waals surface area (Å²) in [6.07, 6.45) is 7.66. The molecule has 0 unspecified atom stereocenters. The first-order valence-corrected chi connectivity index (χ1v) is 2.87. The summed E-state index contributed by atoms with van der Waals surface area (Å²) < 4.78 is 0. The van der Waals surface area contributed by atoms with Gasteiger partial charge in [0.1, 0.15) is 0 Å². The Morgan fingerprint density at radius 1 is 1.56 bits per heavy atom. The van der Waals surface area contributed by atoms with E-state index >= 15 is 0 Å². The van der Waals surface area contributed by atoms with Crippen molar-refractivity contribution in [3.05, 3.63) is 35.8 Å². The van der Waals surface area contributed by atoms with Gasteiger partial charge in [-0.3, -0.25) is 0 Å². The van der Waals surface area contributed by atoms with E-state index in [0.29, 0.717) is 0 Å². The Kier molecular flexibility index (Phi) is 1.58. The number of dihydropyridines is 1. The van der Waals surface area contributed by atoms with Crippen LogP contribution in [0.2, 0.25) is 0 Å². The minimum atomic E-state index is 0.815. The Morgan fingerprint density at radius 3 is 2.67 bits per heavy atom. The van der Waals surface area contributed by atoms with Gasteiger partial charge in [-0.25, -0.2) is 0 Å². The van der Waals surface area contributed by atoms with Crippen molar-refractivity contribution in [1.82, 2.24) is 5.32 Å². The highest BCUT2D eigenvalue weighted by Crippen LogP contribution is 2.00. The molecule has 0 spiro atoms. The molecule has 0 fully saturated rings. The molecule has 0 saturated carbocycles. The summed E-state index contributed by atoms with van der Waals surface area (Å²) in [5.41, 5.74) is 7.30. The average Bonchev–Trinajstić information content (AvgIpc) is 1.90. The average molecular weight is 122 g/mol. The summed E-state index contributed by atoms with van der Waals surface area (Å²) in [6, 6.07) is 0. The second-order valence-electron chi connectivity index (χ2n) is 1.96. The van der Waals surface area contributed by atoms with Crippen LogP contribution in [0.5, 0.6) is 0 Å². The van der Waals surface area contributed by atoms with Gasteiger partial charge in [0.2, 0.25) is 0 Å². The van der Waals surface area contributed by atoms with E-state index in [4.69, 9.17) is 5.73 Å². The molecule has 0 aliphatic carbocycles. The minimum absolute atomic E-state index is 0.815. The summed E-state index contributed by atoms with van der Waals surface area (Å²) in [4.78, 5) is 0. The number of nitrogens with one attached hydrogen (secondary N) is 1. The quantitative estimate of drug-likeness (QED) is 0.500. The summed E-state index contributed by atoms with van der Waals surface area (Å²) in [5.74, 6) is 0. The molecule has 48 valence electrons. The fourth-order valence-corrected chi connectivity index (χ4v) is 0.639. The van der Waals surface area contributed by atoms with Crippen LogP contribution in [-0.4, -0.2) is 0 Å². The number of hydrogen-bond acceptors (Lipinski definition) is 2. The van der Waals surface area contributed by atoms with Gasteiger partial charge >= 0.3 is 0 Å². The van der Waals surface area contributed by atoms with Gasteiger partial charge in [0.15, 0.2) is 0 Å². The van der Waals surface area contributed by atoms with Crippen LogP contribution in [0.1, 0.15) is 6.92 Å². The molecule has 0 saturated heterocycles. The highest BCUT2D eigenvalue weighted by molar-refractivity contribution is 5.29. The van der Waals surface area contributed by atoms with Crippen LogP contribution in [0, 0.1) is 0 Å². The van der Waals surface area contributed by atoms with Gasteiger partial charge in [0.05, 0.1) is 5.70 Å². The number of rotatable bonds is 0. The summed E-state index contributed by atoms with van der Waals surface area (Å²) >= 11 is 0. The summed E-state index contributed by atoms with van der Waals surface area (Å²) in [7, 11) is 0. The zero-order valence-corrected chi connectivity index (χ0v) is 5.39. The second kappa shape index (κ2) is 2.40. The molecule has 1 heterocycles. The zero-order valence-electron chi connectivity index (χ0n) is 5.39. The van der Waals surface area contributed by atoms with Gasteiger partial charge in [0.25, 0.3) is 0 Å². The maximum absolute atomic E-state index is 5.50. The molecule has 0 bridgehead atoms. The maximum Gasteiger partial charge on any atom is 0.0567 e. The predicted octanol–water partition coefficient (Wildman–Crippen LogP) is 0.850. The van der Waals surface area contributed by atoms with Crippen LogP contribution in [0.3, 0.4) is 0 Å². The number of nitrogens with two attached hydrogens (primary N) is 1. The maximum atomic E-state index is 5.50. The lowest BCUT2D eigenvalue weighted by Gasteiger charge is -2.05. The molecule has 1 rings (SSSR count). The third-order valence-corrected chi connectivity index (χ3v) is 1.13. The Bertz CT molecular complexity index is 183. The molecule has 2 heteroatoms. The van der Waals surface area contributed by atoms with E-state index in [0.717, 1.165) is 11.4 Å². The van der Waals surface area contributed by atoms with E-state index in [1.165, 1.54) is 0 Å². The fourth-order valence-electron chi connectivity index (χ4n) is 0.639. The standard InChI is InChI=1S/C7H10N2/c1-6(8)7-4-2-3-5-9-7/h2-5,9H,8H2,1H3/b7-6-. The molecular formula is C7H10N2. The first-order chi connectivity index (χ1) is 4.30. The van der Waals surface area contributed by atoms with Crippen LogP contribution in [0.15, 0.2) is 35.8 Å². The molecule has 2 nitrogen and oxygen atoms in total. The Labute approximate surface area is 54.7 Å². The third kappa shape index (κ3) is 1.35. The van der Waals surface area contributed by atoms with E-state index in [2.05, 4.69) is 5.32 Å². The van der Waals surface area contributed by atoms with Gasteiger partial charge < -0.3 is 11.1 Å². The van der Waals surface area contributed by atoms with Crippen LogP contribution in [-0.2, 0) is 0 Å². The lowest BCUT2D eigenvalue weighted by atomic mass is 10.3. The Morgan fingerprint density at radius 2 is 2.33 bits per heavy atom. The van der Waals surface area contributed by atoms with Crippen molar-refractivity contribution >= 4 is 0 Å². The summed E-state index contributed by atoms with van der Waals surface area (Å²) in [6.45, 7) is 1.87. The molecule has 1 aliphatic heterocycles. The molecule has 0 aromatic rings. The van der Waals surface area contributed by atoms with Crippen molar-refractivity contribution in [2.24, 2.45) is 5.73 Å². The van der Waals surface area contributed by atoms with E-state index in [9.17, 15) is 0 Å². The number of allylic oxidation sites excluding steroid dienone is 4. The molecular weight excluding hydrogens is 112 g/mol. The van der Waals surface area contributed by atoms with E-state index < -0.39 is 0 Å². The van der Waals surface area contributed by atoms with Crippen molar-refractivity contribution in [3.63, 3.8) is 0 Å². The second-order valence-corrected chi connectivity index (χ2v) is 1.96. The van der Waals surface area contributed by atoms with Crippen LogP contribution in [0.4, 0.5) is 0 Å². The van der Waals surface area contributed by atoms with E-state index in [-0.39, 0.29) is 0 Å². The van der Waals surface area contributed by atoms with Gasteiger partial charge in [-0.1, -0.05) is 6.08 Å². The molecule has 0 radical (unpaired) electrons. The SMILES string of the molecule is C/C(N)=C1\C=CC=CN1. The van der Waals surface area contributed by atoms with Crippen molar-refractivity contribution in [3.8, 4) is 0 Å². The highest BCUT2D eigenvalue weighted by Gasteiger charge is 1.92. The minimum Gasteiger partial charge on any atom is -0.401 e. The summed E-state index contributed by atoms with van der Waals surface area (Å²) in [5, 5.41) is 3.01. The normalized spacial score (nSPS) is 21.4. The van der Waals surface area contributed by atoms with Crippen LogP contribution >= 0.6 is 0 Å². The molecule has 1 aliphatic rings. The largest absolute Gasteiger partial charge is 0.401 e. The van der Waals surface area contributed by atoms with Crippen molar-refractivity contribution in [2.75, 3.05) is 0 Å². The fraction of sp³-hybridized carbons (Fsp3) is 0.143. The van der Waals surface area contributed by atoms with Crippen molar-refractivity contribution in [2.45, 2.75) is 6.92 Å². The monoisotopic (exact) mass is 122 g/mol. The van der Waals surface area contributed by atoms with Crippen LogP contribution in [0.25, 0.3) is 0 Å². The van der Waals surface area contributed by atoms with Gasteiger partial charge in [-0.15, -0.1) is 0 Å². The molecule has 9 heavy (non-hydrogen) atoms. The zero-order chi connectivity index (χ0) is 6.69. The predicted molar refractivity (Wildman–Crippen MR) is 38.3 cm³/mol. The molecule has 0 aromatic carbocycles. The van der Waals surface area contributed by atoms with Crippen LogP contribution < -0.4 is 11.1 Å². The number of hydrogen-bond donors (Lipinski definition) is 2. The highest BCUT2D eigenvalue weighted by atomic mass is 14.9. The first-order valence-electron chi connectivity index (χ1n) is 2.87. The molecule has 0 amide bonds. The molecule has 3 N–H and O–H groups in total. The lowest BCUT2D eigenvalue weighted by molar-refractivity contribution is 1.04.